The third-order valence-corrected chi connectivity index (χ3v) is 2.89. The Hall–Kier alpha value is -2.01. The molecule has 2 N–H and O–H groups in total. The van der Waals surface area contributed by atoms with E-state index >= 15 is 0 Å². The van der Waals surface area contributed by atoms with Crippen molar-refractivity contribution < 1.29 is 9.53 Å². The number of hydrogen-bond donors (Lipinski definition) is 1. The third kappa shape index (κ3) is 2.56. The summed E-state index contributed by atoms with van der Waals surface area (Å²) >= 11 is 5.85. The Morgan fingerprint density at radius 2 is 2.05 bits per heavy atom. The summed E-state index contributed by atoms with van der Waals surface area (Å²) in [5.41, 5.74) is 6.90. The lowest BCUT2D eigenvalue weighted by molar-refractivity contribution is 0.0521. The van der Waals surface area contributed by atoms with Crippen molar-refractivity contribution in [3.05, 3.63) is 40.8 Å². The molecule has 0 radical (unpaired) electrons. The van der Waals surface area contributed by atoms with E-state index in [4.69, 9.17) is 22.1 Å². The monoisotopic (exact) mass is 279 g/mol. The third-order valence-electron chi connectivity index (χ3n) is 2.63. The maximum atomic E-state index is 11.7. The van der Waals surface area contributed by atoms with Gasteiger partial charge >= 0.3 is 5.97 Å². The fourth-order valence-corrected chi connectivity index (χ4v) is 1.94. The van der Waals surface area contributed by atoms with Crippen molar-refractivity contribution >= 4 is 23.4 Å². The van der Waals surface area contributed by atoms with Crippen LogP contribution < -0.4 is 5.73 Å². The molecule has 0 aliphatic rings. The smallest absolute Gasteiger partial charge is 0.360 e. The minimum absolute atomic E-state index is 0.134. The van der Waals surface area contributed by atoms with Crippen LogP contribution in [0.5, 0.6) is 0 Å². The lowest BCUT2D eigenvalue weighted by Gasteiger charge is -2.07. The van der Waals surface area contributed by atoms with Gasteiger partial charge in [-0.15, -0.1) is 0 Å². The molecule has 2 rings (SSSR count). The number of halogens is 1. The number of ether oxygens (including phenoxy) is 1. The van der Waals surface area contributed by atoms with Gasteiger partial charge in [-0.3, -0.25) is 4.57 Å². The van der Waals surface area contributed by atoms with Crippen molar-refractivity contribution in [1.82, 2.24) is 9.55 Å². The Morgan fingerprint density at radius 3 is 2.63 bits per heavy atom. The van der Waals surface area contributed by atoms with Gasteiger partial charge in [-0.05, 0) is 38.1 Å². The number of aryl methyl sites for hydroxylation is 1. The average molecular weight is 280 g/mol. The molecule has 0 atom stereocenters. The van der Waals surface area contributed by atoms with Crippen LogP contribution in [-0.4, -0.2) is 22.1 Å². The van der Waals surface area contributed by atoms with Crippen LogP contribution in [0, 0.1) is 6.92 Å². The number of aromatic nitrogens is 2. The van der Waals surface area contributed by atoms with Gasteiger partial charge < -0.3 is 10.5 Å². The largest absolute Gasteiger partial charge is 0.461 e. The Labute approximate surface area is 116 Å². The summed E-state index contributed by atoms with van der Waals surface area (Å²) in [7, 11) is 0. The number of hydrogen-bond acceptors (Lipinski definition) is 4. The summed E-state index contributed by atoms with van der Waals surface area (Å²) in [5.74, 6) is 0.358. The normalized spacial score (nSPS) is 10.5. The zero-order valence-corrected chi connectivity index (χ0v) is 11.4. The first-order chi connectivity index (χ1) is 9.04. The molecule has 1 aromatic carbocycles. The van der Waals surface area contributed by atoms with E-state index in [0.29, 0.717) is 10.8 Å². The molecule has 19 heavy (non-hydrogen) atoms. The average Bonchev–Trinajstić information content (AvgIpc) is 2.67. The van der Waals surface area contributed by atoms with Crippen molar-refractivity contribution in [2.75, 3.05) is 12.3 Å². The first kappa shape index (κ1) is 13.4. The first-order valence-corrected chi connectivity index (χ1v) is 6.20. The number of carbonyl (C=O) groups is 1. The van der Waals surface area contributed by atoms with E-state index in [1.54, 1.807) is 30.5 Å². The molecule has 0 bridgehead atoms. The van der Waals surface area contributed by atoms with E-state index in [1.807, 2.05) is 12.1 Å². The second kappa shape index (κ2) is 5.32. The van der Waals surface area contributed by atoms with Crippen LogP contribution in [0.4, 0.5) is 5.82 Å². The zero-order valence-electron chi connectivity index (χ0n) is 10.7. The molecule has 1 heterocycles. The van der Waals surface area contributed by atoms with Crippen LogP contribution in [0.15, 0.2) is 24.3 Å². The fourth-order valence-electron chi connectivity index (χ4n) is 1.82. The lowest BCUT2D eigenvalue weighted by Crippen LogP contribution is -2.09. The molecule has 0 unspecified atom stereocenters. The van der Waals surface area contributed by atoms with Gasteiger partial charge in [-0.2, -0.15) is 0 Å². The molecule has 0 spiro atoms. The summed E-state index contributed by atoms with van der Waals surface area (Å²) in [5, 5.41) is 0.630. The molecule has 6 heteroatoms. The van der Waals surface area contributed by atoms with Gasteiger partial charge in [0.1, 0.15) is 11.6 Å². The number of anilines is 1. The van der Waals surface area contributed by atoms with Crippen molar-refractivity contribution in [3.63, 3.8) is 0 Å². The summed E-state index contributed by atoms with van der Waals surface area (Å²) in [4.78, 5) is 15.9. The molecule has 2 aromatic rings. The topological polar surface area (TPSA) is 70.1 Å². The number of carbonyl (C=O) groups excluding carboxylic acids is 1. The summed E-state index contributed by atoms with van der Waals surface area (Å²) in [6.07, 6.45) is 0. The Kier molecular flexibility index (Phi) is 3.76. The van der Waals surface area contributed by atoms with E-state index in [9.17, 15) is 4.79 Å². The van der Waals surface area contributed by atoms with Gasteiger partial charge in [-0.25, -0.2) is 9.78 Å². The maximum absolute atomic E-state index is 11.7. The Bertz CT molecular complexity index is 605. The van der Waals surface area contributed by atoms with Gasteiger partial charge in [0, 0.05) is 10.7 Å². The van der Waals surface area contributed by atoms with Crippen LogP contribution >= 0.6 is 11.6 Å². The van der Waals surface area contributed by atoms with Crippen molar-refractivity contribution in [2.24, 2.45) is 0 Å². The predicted molar refractivity (Wildman–Crippen MR) is 73.7 cm³/mol. The highest BCUT2D eigenvalue weighted by Gasteiger charge is 2.20. The molecule has 0 saturated heterocycles. The lowest BCUT2D eigenvalue weighted by atomic mass is 10.3. The first-order valence-electron chi connectivity index (χ1n) is 5.82. The SMILES string of the molecule is CCOC(=O)c1nc(C)n(-c2ccc(Cl)cc2)c1N. The summed E-state index contributed by atoms with van der Waals surface area (Å²) in [6.45, 7) is 3.79. The molecular formula is C13H14ClN3O2. The van der Waals surface area contributed by atoms with Crippen molar-refractivity contribution in [2.45, 2.75) is 13.8 Å². The number of nitrogens with zero attached hydrogens (tertiary/aromatic N) is 2. The van der Waals surface area contributed by atoms with E-state index in [1.165, 1.54) is 0 Å². The van der Waals surface area contributed by atoms with Gasteiger partial charge in [0.05, 0.1) is 6.61 Å². The van der Waals surface area contributed by atoms with E-state index in [-0.39, 0.29) is 18.1 Å². The molecule has 0 aliphatic heterocycles. The molecule has 0 fully saturated rings. The van der Waals surface area contributed by atoms with Crippen molar-refractivity contribution in [1.29, 1.82) is 0 Å². The second-order valence-corrected chi connectivity index (χ2v) is 4.36. The molecule has 0 aliphatic carbocycles. The van der Waals surface area contributed by atoms with Crippen LogP contribution in [0.3, 0.4) is 0 Å². The van der Waals surface area contributed by atoms with E-state index < -0.39 is 5.97 Å². The quantitative estimate of drug-likeness (QED) is 0.877. The minimum atomic E-state index is -0.518. The highest BCUT2D eigenvalue weighted by Crippen LogP contribution is 2.22. The second-order valence-electron chi connectivity index (χ2n) is 3.93. The molecule has 100 valence electrons. The number of rotatable bonds is 3. The van der Waals surface area contributed by atoms with Crippen molar-refractivity contribution in [3.8, 4) is 5.69 Å². The van der Waals surface area contributed by atoms with Gasteiger partial charge in [0.25, 0.3) is 0 Å². The number of benzene rings is 1. The standard InChI is InChI=1S/C13H14ClN3O2/c1-3-19-13(18)11-12(15)17(8(2)16-11)10-6-4-9(14)5-7-10/h4-7H,3,15H2,1-2H3. The van der Waals surface area contributed by atoms with Gasteiger partial charge in [-0.1, -0.05) is 11.6 Å². The zero-order chi connectivity index (χ0) is 14.0. The number of imidazole rings is 1. The molecule has 5 nitrogen and oxygen atoms in total. The van der Waals surface area contributed by atoms with Crippen LogP contribution in [0.1, 0.15) is 23.2 Å². The van der Waals surface area contributed by atoms with Gasteiger partial charge in [0.15, 0.2) is 5.69 Å². The summed E-state index contributed by atoms with van der Waals surface area (Å²) < 4.78 is 6.60. The molecule has 0 saturated carbocycles. The molecule has 1 aromatic heterocycles. The van der Waals surface area contributed by atoms with Crippen LogP contribution in [0.2, 0.25) is 5.02 Å². The number of nitrogen functional groups attached to an aromatic ring is 1. The number of nitrogens with two attached hydrogens (primary N) is 1. The predicted octanol–water partition coefficient (Wildman–Crippen LogP) is 2.59. The minimum Gasteiger partial charge on any atom is -0.461 e. The van der Waals surface area contributed by atoms with E-state index in [0.717, 1.165) is 5.69 Å². The molecule has 0 amide bonds. The van der Waals surface area contributed by atoms with Crippen LogP contribution in [0.25, 0.3) is 5.69 Å². The highest BCUT2D eigenvalue weighted by atomic mass is 35.5. The van der Waals surface area contributed by atoms with Gasteiger partial charge in [0.2, 0.25) is 0 Å². The fraction of sp³-hybridized carbons (Fsp3) is 0.231. The molecular weight excluding hydrogens is 266 g/mol. The Morgan fingerprint density at radius 1 is 1.42 bits per heavy atom. The maximum Gasteiger partial charge on any atom is 0.360 e. The Balaban J connectivity index is 2.47. The number of esters is 1. The van der Waals surface area contributed by atoms with Crippen LogP contribution in [-0.2, 0) is 4.74 Å². The summed E-state index contributed by atoms with van der Waals surface area (Å²) in [6, 6.07) is 7.12. The van der Waals surface area contributed by atoms with E-state index in [2.05, 4.69) is 4.98 Å². The highest BCUT2D eigenvalue weighted by molar-refractivity contribution is 6.30.